The van der Waals surface area contributed by atoms with E-state index < -0.39 is 25.2 Å². The maximum atomic E-state index is 12.2. The molecule has 0 aliphatic rings. The quantitative estimate of drug-likeness (QED) is 0.227. The van der Waals surface area contributed by atoms with Gasteiger partial charge in [-0.25, -0.2) is 0 Å². The number of nitrogens with two attached hydrogens (primary N) is 1. The number of alkyl halides is 6. The van der Waals surface area contributed by atoms with E-state index in [0.29, 0.717) is 21.8 Å². The summed E-state index contributed by atoms with van der Waals surface area (Å²) in [4.78, 5) is 0. The van der Waals surface area contributed by atoms with E-state index in [1.54, 1.807) is 48.5 Å². The van der Waals surface area contributed by atoms with Gasteiger partial charge in [-0.1, -0.05) is 30.3 Å². The van der Waals surface area contributed by atoms with Crippen LogP contribution in [0.4, 0.5) is 26.3 Å². The number of hydrogen-bond donors (Lipinski definition) is 2. The zero-order valence-corrected chi connectivity index (χ0v) is 18.0. The van der Waals surface area contributed by atoms with E-state index in [4.69, 9.17) is 16.4 Å². The highest BCUT2D eigenvalue weighted by molar-refractivity contribution is 6.05. The largest absolute Gasteiger partial charge is 0.390 e. The van der Waals surface area contributed by atoms with Crippen LogP contribution in [0.25, 0.3) is 21.8 Å². The van der Waals surface area contributed by atoms with Crippen LogP contribution in [-0.4, -0.2) is 37.7 Å². The molecule has 0 fully saturated rings. The Morgan fingerprint density at radius 1 is 0.829 bits per heavy atom. The summed E-state index contributed by atoms with van der Waals surface area (Å²) in [5, 5.41) is 25.2. The molecule has 3 N–H and O–H groups in total. The van der Waals surface area contributed by atoms with Gasteiger partial charge in [-0.3, -0.25) is 14.8 Å². The number of para-hydroxylation sites is 2. The average Bonchev–Trinajstić information content (AvgIpc) is 3.34. The van der Waals surface area contributed by atoms with E-state index in [0.717, 1.165) is 0 Å². The molecule has 0 saturated heterocycles. The lowest BCUT2D eigenvalue weighted by Crippen LogP contribution is -2.15. The van der Waals surface area contributed by atoms with E-state index in [9.17, 15) is 26.3 Å². The first-order valence-electron chi connectivity index (χ1n) is 10.2. The first-order chi connectivity index (χ1) is 16.4. The van der Waals surface area contributed by atoms with Gasteiger partial charge in [0, 0.05) is 10.8 Å². The van der Waals surface area contributed by atoms with Crippen molar-refractivity contribution in [2.24, 2.45) is 5.73 Å². The molecule has 0 spiro atoms. The number of aromatic nitrogens is 4. The number of hydrogen-bond acceptors (Lipinski definition) is 4. The SMILES string of the molecule is N#Cc1nn(CCC(F)(F)F)c2ccccc12.N=C(N)c1nn(CCC(F)(F)F)c2ccccc12. The molecule has 0 saturated carbocycles. The Bertz CT molecular complexity index is 1380. The van der Waals surface area contributed by atoms with Crippen LogP contribution >= 0.6 is 0 Å². The van der Waals surface area contributed by atoms with Crippen molar-refractivity contribution in [1.29, 1.82) is 10.7 Å². The van der Waals surface area contributed by atoms with Crippen molar-refractivity contribution in [2.45, 2.75) is 38.3 Å². The van der Waals surface area contributed by atoms with Gasteiger partial charge in [0.15, 0.2) is 5.69 Å². The van der Waals surface area contributed by atoms with E-state index >= 15 is 0 Å². The van der Waals surface area contributed by atoms with Gasteiger partial charge in [0.05, 0.1) is 37.0 Å². The second-order valence-electron chi connectivity index (χ2n) is 7.43. The minimum Gasteiger partial charge on any atom is -0.382 e. The molecular formula is C22H19F6N7. The first-order valence-corrected chi connectivity index (χ1v) is 10.2. The molecule has 0 unspecified atom stereocenters. The summed E-state index contributed by atoms with van der Waals surface area (Å²) in [6.07, 6.45) is -10.4. The smallest absolute Gasteiger partial charge is 0.382 e. The van der Waals surface area contributed by atoms with Gasteiger partial charge in [-0.2, -0.15) is 41.8 Å². The number of nitrogen functional groups attached to an aromatic ring is 1. The zero-order chi connectivity index (χ0) is 25.8. The highest BCUT2D eigenvalue weighted by Crippen LogP contribution is 2.24. The Labute approximate surface area is 194 Å². The van der Waals surface area contributed by atoms with Crippen LogP contribution in [0.15, 0.2) is 48.5 Å². The van der Waals surface area contributed by atoms with Crippen molar-refractivity contribution in [1.82, 2.24) is 19.6 Å². The van der Waals surface area contributed by atoms with Crippen LogP contribution in [0.1, 0.15) is 24.2 Å². The third-order valence-electron chi connectivity index (χ3n) is 4.89. The number of nitrogens with zero attached hydrogens (tertiary/aromatic N) is 5. The molecular weight excluding hydrogens is 476 g/mol. The summed E-state index contributed by atoms with van der Waals surface area (Å²) in [6, 6.07) is 15.4. The van der Waals surface area contributed by atoms with E-state index in [1.165, 1.54) is 9.36 Å². The minimum absolute atomic E-state index is 0.155. The van der Waals surface area contributed by atoms with Gasteiger partial charge in [-0.05, 0) is 18.2 Å². The molecule has 35 heavy (non-hydrogen) atoms. The van der Waals surface area contributed by atoms with E-state index in [1.807, 2.05) is 6.07 Å². The summed E-state index contributed by atoms with van der Waals surface area (Å²) >= 11 is 0. The number of nitriles is 1. The monoisotopic (exact) mass is 495 g/mol. The molecule has 184 valence electrons. The zero-order valence-electron chi connectivity index (χ0n) is 18.0. The normalized spacial score (nSPS) is 11.8. The summed E-state index contributed by atoms with van der Waals surface area (Å²) < 4.78 is 75.4. The molecule has 2 aromatic carbocycles. The van der Waals surface area contributed by atoms with Crippen LogP contribution in [-0.2, 0) is 13.1 Å². The fourth-order valence-electron chi connectivity index (χ4n) is 3.34. The van der Waals surface area contributed by atoms with Crippen molar-refractivity contribution in [3.8, 4) is 6.07 Å². The van der Waals surface area contributed by atoms with E-state index in [-0.39, 0.29) is 30.3 Å². The lowest BCUT2D eigenvalue weighted by molar-refractivity contribution is -0.137. The third kappa shape index (κ3) is 6.50. The molecule has 7 nitrogen and oxygen atoms in total. The van der Waals surface area contributed by atoms with Crippen LogP contribution in [0.3, 0.4) is 0 Å². The topological polar surface area (TPSA) is 109 Å². The molecule has 2 heterocycles. The highest BCUT2D eigenvalue weighted by atomic mass is 19.4. The van der Waals surface area contributed by atoms with Gasteiger partial charge >= 0.3 is 12.4 Å². The average molecular weight is 495 g/mol. The molecule has 0 aliphatic heterocycles. The molecule has 4 rings (SSSR count). The lowest BCUT2D eigenvalue weighted by Gasteiger charge is -2.06. The number of benzene rings is 2. The number of nitrogens with one attached hydrogen (secondary N) is 1. The molecule has 0 bridgehead atoms. The van der Waals surface area contributed by atoms with Crippen molar-refractivity contribution >= 4 is 27.6 Å². The molecule has 2 aromatic heterocycles. The fraction of sp³-hybridized carbons (Fsp3) is 0.273. The standard InChI is InChI=1S/C11H11F3N4.C11H8F3N3/c12-11(13,14)5-6-18-8-4-2-1-3-7(8)9(17-18)10(15)16;12-11(13,14)5-6-17-10-4-2-1-3-8(10)9(7-15)16-17/h1-4H,5-6H2,(H3,15,16);1-4H,5-6H2. The molecule has 4 aromatic rings. The van der Waals surface area contributed by atoms with Crippen molar-refractivity contribution in [3.05, 3.63) is 59.9 Å². The Morgan fingerprint density at radius 3 is 1.77 bits per heavy atom. The second-order valence-corrected chi connectivity index (χ2v) is 7.43. The van der Waals surface area contributed by atoms with Crippen molar-refractivity contribution in [3.63, 3.8) is 0 Å². The Morgan fingerprint density at radius 2 is 1.29 bits per heavy atom. The summed E-state index contributed by atoms with van der Waals surface area (Å²) in [5.41, 5.74) is 6.83. The predicted molar refractivity (Wildman–Crippen MR) is 117 cm³/mol. The molecule has 0 atom stereocenters. The Balaban J connectivity index is 0.000000196. The van der Waals surface area contributed by atoms with Gasteiger partial charge < -0.3 is 5.73 Å². The van der Waals surface area contributed by atoms with Crippen LogP contribution in [0.2, 0.25) is 0 Å². The molecule has 0 aliphatic carbocycles. The van der Waals surface area contributed by atoms with Crippen LogP contribution in [0.5, 0.6) is 0 Å². The van der Waals surface area contributed by atoms with Gasteiger partial charge in [0.25, 0.3) is 0 Å². The lowest BCUT2D eigenvalue weighted by atomic mass is 10.2. The molecule has 13 heteroatoms. The number of aryl methyl sites for hydroxylation is 2. The van der Waals surface area contributed by atoms with Crippen molar-refractivity contribution < 1.29 is 26.3 Å². The van der Waals surface area contributed by atoms with Gasteiger partial charge in [0.2, 0.25) is 0 Å². The molecule has 0 amide bonds. The minimum atomic E-state index is -4.23. The highest BCUT2D eigenvalue weighted by Gasteiger charge is 2.28. The molecule has 0 radical (unpaired) electrons. The Hall–Kier alpha value is -4.08. The number of halogens is 6. The van der Waals surface area contributed by atoms with Gasteiger partial charge in [0.1, 0.15) is 17.6 Å². The second kappa shape index (κ2) is 10.0. The maximum Gasteiger partial charge on any atom is 0.390 e. The first kappa shape index (κ1) is 25.5. The predicted octanol–water partition coefficient (Wildman–Crippen LogP) is 5.13. The fourth-order valence-corrected chi connectivity index (χ4v) is 3.34. The number of fused-ring (bicyclic) bond motifs is 2. The maximum absolute atomic E-state index is 12.2. The summed E-state index contributed by atoms with van der Waals surface area (Å²) in [7, 11) is 0. The Kier molecular flexibility index (Phi) is 7.33. The van der Waals surface area contributed by atoms with Crippen molar-refractivity contribution in [2.75, 3.05) is 0 Å². The number of amidine groups is 1. The van der Waals surface area contributed by atoms with Gasteiger partial charge in [-0.15, -0.1) is 0 Å². The summed E-state index contributed by atoms with van der Waals surface area (Å²) in [6.45, 7) is -0.553. The number of rotatable bonds is 5. The third-order valence-corrected chi connectivity index (χ3v) is 4.89. The van der Waals surface area contributed by atoms with E-state index in [2.05, 4.69) is 10.2 Å². The van der Waals surface area contributed by atoms with Crippen LogP contribution < -0.4 is 5.73 Å². The van der Waals surface area contributed by atoms with Crippen LogP contribution in [0, 0.1) is 16.7 Å². The summed E-state index contributed by atoms with van der Waals surface area (Å²) in [5.74, 6) is -0.253.